The van der Waals surface area contributed by atoms with Gasteiger partial charge in [0.15, 0.2) is 0 Å². The molecule has 2 rings (SSSR count). The van der Waals surface area contributed by atoms with Crippen LogP contribution in [0, 0.1) is 0 Å². The van der Waals surface area contributed by atoms with Gasteiger partial charge >= 0.3 is 0 Å². The summed E-state index contributed by atoms with van der Waals surface area (Å²) in [6.45, 7) is 6.24. The van der Waals surface area contributed by atoms with Gasteiger partial charge in [-0.1, -0.05) is 0 Å². The summed E-state index contributed by atoms with van der Waals surface area (Å²) in [6, 6.07) is 0.361. The number of piperidine rings is 1. The highest BCUT2D eigenvalue weighted by molar-refractivity contribution is 5.04. The first-order chi connectivity index (χ1) is 7.28. The third-order valence-electron chi connectivity index (χ3n) is 2.96. The first kappa shape index (κ1) is 10.6. The number of rotatable bonds is 3. The van der Waals surface area contributed by atoms with E-state index in [4.69, 9.17) is 5.73 Å². The van der Waals surface area contributed by atoms with Crippen LogP contribution < -0.4 is 5.73 Å². The molecule has 4 heteroatoms. The summed E-state index contributed by atoms with van der Waals surface area (Å²) < 4.78 is 1.97. The summed E-state index contributed by atoms with van der Waals surface area (Å²) in [7, 11) is 0. The highest BCUT2D eigenvalue weighted by Gasteiger charge is 2.16. The maximum absolute atomic E-state index is 5.95. The molecule has 84 valence electrons. The van der Waals surface area contributed by atoms with E-state index in [0.717, 1.165) is 19.6 Å². The summed E-state index contributed by atoms with van der Waals surface area (Å²) in [4.78, 5) is 2.42. The summed E-state index contributed by atoms with van der Waals surface area (Å²) >= 11 is 0. The monoisotopic (exact) mass is 208 g/mol. The van der Waals surface area contributed by atoms with E-state index in [0.29, 0.717) is 6.04 Å². The van der Waals surface area contributed by atoms with Gasteiger partial charge in [-0.2, -0.15) is 5.10 Å². The zero-order valence-electron chi connectivity index (χ0n) is 9.39. The number of hydrogen-bond acceptors (Lipinski definition) is 3. The molecule has 2 N–H and O–H groups in total. The van der Waals surface area contributed by atoms with Crippen molar-refractivity contribution >= 4 is 0 Å². The largest absolute Gasteiger partial charge is 0.327 e. The van der Waals surface area contributed by atoms with Gasteiger partial charge in [-0.25, -0.2) is 0 Å². The second-order valence-electron chi connectivity index (χ2n) is 4.34. The molecule has 1 atom stereocenters. The van der Waals surface area contributed by atoms with E-state index >= 15 is 0 Å². The van der Waals surface area contributed by atoms with E-state index in [9.17, 15) is 0 Å². The molecule has 1 aliphatic rings. The van der Waals surface area contributed by atoms with Crippen molar-refractivity contribution in [3.8, 4) is 0 Å². The molecule has 2 heterocycles. The van der Waals surface area contributed by atoms with E-state index in [1.165, 1.54) is 24.9 Å². The molecule has 0 aromatic carbocycles. The van der Waals surface area contributed by atoms with E-state index in [2.05, 4.69) is 23.1 Å². The smallest absolute Gasteiger partial charge is 0.0534 e. The lowest BCUT2D eigenvalue weighted by Gasteiger charge is -2.30. The molecule has 1 aliphatic heterocycles. The minimum Gasteiger partial charge on any atom is -0.327 e. The second-order valence-corrected chi connectivity index (χ2v) is 4.34. The Morgan fingerprint density at radius 1 is 1.60 bits per heavy atom. The molecule has 0 bridgehead atoms. The molecule has 15 heavy (non-hydrogen) atoms. The maximum atomic E-state index is 5.95. The fourth-order valence-corrected chi connectivity index (χ4v) is 2.15. The van der Waals surface area contributed by atoms with Crippen molar-refractivity contribution in [1.82, 2.24) is 14.7 Å². The Labute approximate surface area is 91.1 Å². The van der Waals surface area contributed by atoms with Crippen molar-refractivity contribution in [2.75, 3.05) is 13.1 Å². The van der Waals surface area contributed by atoms with Crippen LogP contribution in [0.4, 0.5) is 0 Å². The third kappa shape index (κ3) is 2.79. The average molecular weight is 208 g/mol. The van der Waals surface area contributed by atoms with Crippen LogP contribution in [0.1, 0.15) is 25.3 Å². The predicted octanol–water partition coefficient (Wildman–Crippen LogP) is 0.826. The Morgan fingerprint density at radius 2 is 2.47 bits per heavy atom. The number of likely N-dealkylation sites (tertiary alicyclic amines) is 1. The van der Waals surface area contributed by atoms with Crippen molar-refractivity contribution in [3.05, 3.63) is 18.0 Å². The Bertz CT molecular complexity index is 307. The Balaban J connectivity index is 1.90. The summed E-state index contributed by atoms with van der Waals surface area (Å²) in [5.41, 5.74) is 7.24. The van der Waals surface area contributed by atoms with Gasteiger partial charge in [0.1, 0.15) is 0 Å². The molecular weight excluding hydrogens is 188 g/mol. The van der Waals surface area contributed by atoms with E-state index in [-0.39, 0.29) is 0 Å². The SMILES string of the molecule is CCn1cc(CN2CCC[C@H](N)C2)cn1. The average Bonchev–Trinajstić information content (AvgIpc) is 2.65. The van der Waals surface area contributed by atoms with Crippen LogP contribution in [0.25, 0.3) is 0 Å². The van der Waals surface area contributed by atoms with Crippen LogP contribution in [0.5, 0.6) is 0 Å². The van der Waals surface area contributed by atoms with Crippen molar-refractivity contribution in [2.45, 2.75) is 38.9 Å². The van der Waals surface area contributed by atoms with Crippen LogP contribution in [0.2, 0.25) is 0 Å². The molecule has 0 aliphatic carbocycles. The number of nitrogens with zero attached hydrogens (tertiary/aromatic N) is 3. The van der Waals surface area contributed by atoms with Gasteiger partial charge in [-0.3, -0.25) is 9.58 Å². The number of aryl methyl sites for hydroxylation is 1. The number of nitrogens with two attached hydrogens (primary N) is 1. The lowest BCUT2D eigenvalue weighted by Crippen LogP contribution is -2.42. The fourth-order valence-electron chi connectivity index (χ4n) is 2.15. The molecule has 1 fully saturated rings. The number of aromatic nitrogens is 2. The minimum absolute atomic E-state index is 0.361. The van der Waals surface area contributed by atoms with Gasteiger partial charge in [-0.05, 0) is 26.3 Å². The van der Waals surface area contributed by atoms with E-state index < -0.39 is 0 Å². The van der Waals surface area contributed by atoms with Crippen molar-refractivity contribution < 1.29 is 0 Å². The zero-order chi connectivity index (χ0) is 10.7. The standard InChI is InChI=1S/C11H20N4/c1-2-15-8-10(6-13-15)7-14-5-3-4-11(12)9-14/h6,8,11H,2-5,7,9,12H2,1H3/t11-/m0/s1. The summed E-state index contributed by atoms with van der Waals surface area (Å²) in [5, 5.41) is 4.28. The molecule has 1 aromatic heterocycles. The quantitative estimate of drug-likeness (QED) is 0.800. The van der Waals surface area contributed by atoms with Crippen LogP contribution in [-0.4, -0.2) is 33.8 Å². The number of hydrogen-bond donors (Lipinski definition) is 1. The maximum Gasteiger partial charge on any atom is 0.0534 e. The first-order valence-electron chi connectivity index (χ1n) is 5.77. The molecule has 0 radical (unpaired) electrons. The zero-order valence-corrected chi connectivity index (χ0v) is 9.39. The van der Waals surface area contributed by atoms with Crippen molar-refractivity contribution in [3.63, 3.8) is 0 Å². The molecule has 0 amide bonds. The van der Waals surface area contributed by atoms with Crippen molar-refractivity contribution in [2.24, 2.45) is 5.73 Å². The van der Waals surface area contributed by atoms with E-state index in [1.807, 2.05) is 10.9 Å². The highest BCUT2D eigenvalue weighted by Crippen LogP contribution is 2.11. The molecule has 0 saturated carbocycles. The van der Waals surface area contributed by atoms with E-state index in [1.54, 1.807) is 0 Å². The second kappa shape index (κ2) is 4.77. The summed E-state index contributed by atoms with van der Waals surface area (Å²) in [6.07, 6.45) is 6.48. The predicted molar refractivity (Wildman–Crippen MR) is 60.4 cm³/mol. The fraction of sp³-hybridized carbons (Fsp3) is 0.727. The van der Waals surface area contributed by atoms with Crippen molar-refractivity contribution in [1.29, 1.82) is 0 Å². The first-order valence-corrected chi connectivity index (χ1v) is 5.77. The molecule has 0 unspecified atom stereocenters. The molecule has 0 spiro atoms. The van der Waals surface area contributed by atoms with Gasteiger partial charge in [0.2, 0.25) is 0 Å². The minimum atomic E-state index is 0.361. The lowest BCUT2D eigenvalue weighted by molar-refractivity contribution is 0.201. The Hall–Kier alpha value is -0.870. The van der Waals surface area contributed by atoms with Crippen LogP contribution in [0.3, 0.4) is 0 Å². The van der Waals surface area contributed by atoms with Gasteiger partial charge < -0.3 is 5.73 Å². The van der Waals surface area contributed by atoms with Crippen LogP contribution in [0.15, 0.2) is 12.4 Å². The van der Waals surface area contributed by atoms with Crippen LogP contribution >= 0.6 is 0 Å². The summed E-state index contributed by atoms with van der Waals surface area (Å²) in [5.74, 6) is 0. The highest BCUT2D eigenvalue weighted by atomic mass is 15.3. The van der Waals surface area contributed by atoms with Crippen LogP contribution in [-0.2, 0) is 13.1 Å². The van der Waals surface area contributed by atoms with Gasteiger partial charge in [-0.15, -0.1) is 0 Å². The lowest BCUT2D eigenvalue weighted by atomic mass is 10.1. The normalized spacial score (nSPS) is 23.2. The molecular formula is C11H20N4. The topological polar surface area (TPSA) is 47.1 Å². The van der Waals surface area contributed by atoms with Gasteiger partial charge in [0, 0.05) is 37.4 Å². The third-order valence-corrected chi connectivity index (χ3v) is 2.96. The van der Waals surface area contributed by atoms with Gasteiger partial charge in [0.25, 0.3) is 0 Å². The molecule has 1 aromatic rings. The molecule has 4 nitrogen and oxygen atoms in total. The Morgan fingerprint density at radius 3 is 3.13 bits per heavy atom. The Kier molecular flexibility index (Phi) is 3.38. The van der Waals surface area contributed by atoms with Gasteiger partial charge in [0.05, 0.1) is 6.20 Å². The molecule has 1 saturated heterocycles.